The van der Waals surface area contributed by atoms with E-state index in [0.29, 0.717) is 5.41 Å². The Morgan fingerprint density at radius 1 is 1.29 bits per heavy atom. The highest BCUT2D eigenvalue weighted by atomic mass is 32.1. The molecule has 14 heavy (non-hydrogen) atoms. The Morgan fingerprint density at radius 3 is 2.21 bits per heavy atom. The van der Waals surface area contributed by atoms with Crippen LogP contribution in [0.3, 0.4) is 0 Å². The van der Waals surface area contributed by atoms with Gasteiger partial charge in [-0.2, -0.15) is 12.6 Å². The highest BCUT2D eigenvalue weighted by Gasteiger charge is 2.20. The van der Waals surface area contributed by atoms with Crippen LogP contribution in [0.4, 0.5) is 0 Å². The topological polar surface area (TPSA) is 3.24 Å². The molecule has 0 aromatic heterocycles. The van der Waals surface area contributed by atoms with Crippen LogP contribution in [-0.2, 0) is 0 Å². The zero-order valence-electron chi connectivity index (χ0n) is 10.5. The van der Waals surface area contributed by atoms with Crippen molar-refractivity contribution < 1.29 is 0 Å². The van der Waals surface area contributed by atoms with E-state index >= 15 is 0 Å². The first-order valence-electron chi connectivity index (χ1n) is 5.78. The zero-order valence-corrected chi connectivity index (χ0v) is 11.4. The predicted octanol–water partition coefficient (Wildman–Crippen LogP) is 3.31. The molecule has 2 heteroatoms. The summed E-state index contributed by atoms with van der Waals surface area (Å²) in [5.74, 6) is 1.77. The fourth-order valence-corrected chi connectivity index (χ4v) is 1.63. The summed E-state index contributed by atoms with van der Waals surface area (Å²) in [5, 5.41) is 0. The van der Waals surface area contributed by atoms with Crippen molar-refractivity contribution in [2.45, 2.75) is 41.0 Å². The van der Waals surface area contributed by atoms with E-state index in [1.807, 2.05) is 0 Å². The van der Waals surface area contributed by atoms with Gasteiger partial charge in [-0.15, -0.1) is 0 Å². The standard InChI is InChI=1S/C12H27NS/c1-6-11(3)8-13(7-2)9-12(4,5)10-14/h11,14H,6-10H2,1-5H3. The minimum atomic E-state index is 0.340. The number of nitrogens with zero attached hydrogens (tertiary/aromatic N) is 1. The lowest BCUT2D eigenvalue weighted by molar-refractivity contribution is 0.179. The first kappa shape index (κ1) is 14.3. The van der Waals surface area contributed by atoms with E-state index in [0.717, 1.165) is 24.8 Å². The van der Waals surface area contributed by atoms with Crippen LogP contribution in [0.1, 0.15) is 41.0 Å². The summed E-state index contributed by atoms with van der Waals surface area (Å²) in [6.45, 7) is 15.0. The molecule has 0 fully saturated rings. The lowest BCUT2D eigenvalue weighted by Gasteiger charge is -2.32. The molecule has 0 amide bonds. The van der Waals surface area contributed by atoms with E-state index in [1.165, 1.54) is 13.0 Å². The Labute approximate surface area is 95.7 Å². The highest BCUT2D eigenvalue weighted by molar-refractivity contribution is 7.80. The van der Waals surface area contributed by atoms with Crippen molar-refractivity contribution in [2.75, 3.05) is 25.4 Å². The summed E-state index contributed by atoms with van der Waals surface area (Å²) < 4.78 is 0. The largest absolute Gasteiger partial charge is 0.303 e. The molecule has 0 radical (unpaired) electrons. The number of rotatable bonds is 7. The lowest BCUT2D eigenvalue weighted by atomic mass is 9.95. The van der Waals surface area contributed by atoms with Gasteiger partial charge in [0.15, 0.2) is 0 Å². The van der Waals surface area contributed by atoms with Crippen molar-refractivity contribution in [3.05, 3.63) is 0 Å². The minimum absolute atomic E-state index is 0.340. The van der Waals surface area contributed by atoms with Crippen molar-refractivity contribution in [3.63, 3.8) is 0 Å². The fraction of sp³-hybridized carbons (Fsp3) is 1.00. The molecule has 0 aromatic carbocycles. The third kappa shape index (κ3) is 5.92. The summed E-state index contributed by atoms with van der Waals surface area (Å²) in [7, 11) is 0. The van der Waals surface area contributed by atoms with Crippen LogP contribution in [0.5, 0.6) is 0 Å². The first-order chi connectivity index (χ1) is 6.45. The summed E-state index contributed by atoms with van der Waals surface area (Å²) in [5.41, 5.74) is 0.340. The van der Waals surface area contributed by atoms with E-state index in [1.54, 1.807) is 0 Å². The van der Waals surface area contributed by atoms with Crippen LogP contribution >= 0.6 is 12.6 Å². The fourth-order valence-electron chi connectivity index (χ4n) is 1.53. The second kappa shape index (κ2) is 6.73. The molecule has 0 saturated carbocycles. The Hall–Kier alpha value is 0.310. The third-order valence-electron chi connectivity index (χ3n) is 2.79. The monoisotopic (exact) mass is 217 g/mol. The van der Waals surface area contributed by atoms with Crippen LogP contribution in [0.25, 0.3) is 0 Å². The maximum absolute atomic E-state index is 4.40. The maximum Gasteiger partial charge on any atom is 0.00405 e. The van der Waals surface area contributed by atoms with Crippen molar-refractivity contribution >= 4 is 12.6 Å². The molecule has 0 N–H and O–H groups in total. The Morgan fingerprint density at radius 2 is 1.86 bits per heavy atom. The molecule has 0 rings (SSSR count). The van der Waals surface area contributed by atoms with Crippen LogP contribution in [0, 0.1) is 11.3 Å². The molecule has 0 spiro atoms. The van der Waals surface area contributed by atoms with Crippen molar-refractivity contribution in [1.29, 1.82) is 0 Å². The van der Waals surface area contributed by atoms with Gasteiger partial charge in [0.25, 0.3) is 0 Å². The van der Waals surface area contributed by atoms with Gasteiger partial charge in [-0.3, -0.25) is 0 Å². The van der Waals surface area contributed by atoms with Gasteiger partial charge >= 0.3 is 0 Å². The quantitative estimate of drug-likeness (QED) is 0.640. The predicted molar refractivity (Wildman–Crippen MR) is 69.2 cm³/mol. The minimum Gasteiger partial charge on any atom is -0.303 e. The molecule has 0 heterocycles. The molecule has 0 saturated heterocycles. The SMILES string of the molecule is CCC(C)CN(CC)CC(C)(C)CS. The van der Waals surface area contributed by atoms with Gasteiger partial charge in [0.2, 0.25) is 0 Å². The van der Waals surface area contributed by atoms with Gasteiger partial charge in [0, 0.05) is 13.1 Å². The Balaban J connectivity index is 4.02. The van der Waals surface area contributed by atoms with Crippen molar-refractivity contribution in [1.82, 2.24) is 4.90 Å². The van der Waals surface area contributed by atoms with E-state index in [-0.39, 0.29) is 0 Å². The van der Waals surface area contributed by atoms with Gasteiger partial charge in [-0.25, -0.2) is 0 Å². The molecule has 86 valence electrons. The van der Waals surface area contributed by atoms with E-state index in [4.69, 9.17) is 0 Å². The smallest absolute Gasteiger partial charge is 0.00405 e. The van der Waals surface area contributed by atoms with E-state index in [9.17, 15) is 0 Å². The molecule has 0 aliphatic heterocycles. The molecular weight excluding hydrogens is 190 g/mol. The maximum atomic E-state index is 4.40. The zero-order chi connectivity index (χ0) is 11.2. The van der Waals surface area contributed by atoms with Crippen LogP contribution < -0.4 is 0 Å². The van der Waals surface area contributed by atoms with E-state index < -0.39 is 0 Å². The molecule has 0 bridgehead atoms. The molecule has 1 unspecified atom stereocenters. The second-order valence-corrected chi connectivity index (χ2v) is 5.48. The lowest BCUT2D eigenvalue weighted by Crippen LogP contribution is -2.37. The van der Waals surface area contributed by atoms with E-state index in [2.05, 4.69) is 52.1 Å². The summed E-state index contributed by atoms with van der Waals surface area (Å²) >= 11 is 4.40. The number of hydrogen-bond donors (Lipinski definition) is 1. The highest BCUT2D eigenvalue weighted by Crippen LogP contribution is 2.19. The Bertz CT molecular complexity index is 145. The average molecular weight is 217 g/mol. The van der Waals surface area contributed by atoms with Crippen LogP contribution in [0.15, 0.2) is 0 Å². The third-order valence-corrected chi connectivity index (χ3v) is 3.65. The molecule has 0 aromatic rings. The van der Waals surface area contributed by atoms with Gasteiger partial charge < -0.3 is 4.90 Å². The van der Waals surface area contributed by atoms with Crippen LogP contribution in [-0.4, -0.2) is 30.3 Å². The first-order valence-corrected chi connectivity index (χ1v) is 6.41. The van der Waals surface area contributed by atoms with Crippen molar-refractivity contribution in [2.24, 2.45) is 11.3 Å². The van der Waals surface area contributed by atoms with Crippen LogP contribution in [0.2, 0.25) is 0 Å². The normalized spacial score (nSPS) is 14.8. The average Bonchev–Trinajstić information content (AvgIpc) is 2.16. The van der Waals surface area contributed by atoms with Gasteiger partial charge in [0.1, 0.15) is 0 Å². The molecular formula is C12H27NS. The number of thiol groups is 1. The van der Waals surface area contributed by atoms with Gasteiger partial charge in [-0.05, 0) is 23.6 Å². The molecule has 1 nitrogen and oxygen atoms in total. The molecule has 1 atom stereocenters. The Kier molecular flexibility index (Phi) is 6.88. The number of hydrogen-bond acceptors (Lipinski definition) is 2. The summed E-state index contributed by atoms with van der Waals surface area (Å²) in [6, 6.07) is 0. The van der Waals surface area contributed by atoms with Gasteiger partial charge in [-0.1, -0.05) is 41.0 Å². The summed E-state index contributed by atoms with van der Waals surface area (Å²) in [6.07, 6.45) is 1.28. The van der Waals surface area contributed by atoms with Gasteiger partial charge in [0.05, 0.1) is 0 Å². The van der Waals surface area contributed by atoms with Crippen molar-refractivity contribution in [3.8, 4) is 0 Å². The second-order valence-electron chi connectivity index (χ2n) is 5.16. The molecule has 0 aliphatic carbocycles. The summed E-state index contributed by atoms with van der Waals surface area (Å²) in [4.78, 5) is 2.55. The molecule has 0 aliphatic rings.